The van der Waals surface area contributed by atoms with E-state index in [1.54, 1.807) is 13.8 Å². The zero-order valence-electron chi connectivity index (χ0n) is 17.5. The molecule has 0 aliphatic heterocycles. The quantitative estimate of drug-likeness (QED) is 0.410. The van der Waals surface area contributed by atoms with E-state index in [-0.39, 0.29) is 17.8 Å². The van der Waals surface area contributed by atoms with Gasteiger partial charge in [0.05, 0.1) is 11.7 Å². The fraction of sp³-hybridized carbons (Fsp3) is 0.273. The fourth-order valence-electron chi connectivity index (χ4n) is 3.71. The molecule has 0 spiro atoms. The number of aromatic amines is 2. The van der Waals surface area contributed by atoms with E-state index in [2.05, 4.69) is 25.4 Å². The number of hydrogen-bond acceptors (Lipinski definition) is 4. The highest BCUT2D eigenvalue weighted by Crippen LogP contribution is 2.24. The van der Waals surface area contributed by atoms with E-state index in [1.807, 2.05) is 30.5 Å². The molecule has 1 atom stereocenters. The topological polar surface area (TPSA) is 108 Å². The molecule has 1 amide bonds. The molecule has 3 N–H and O–H groups in total. The first-order valence-electron chi connectivity index (χ1n) is 10.0. The van der Waals surface area contributed by atoms with E-state index in [4.69, 9.17) is 0 Å². The monoisotopic (exact) mass is 440 g/mol. The largest absolute Gasteiger partial charge is 0.361 e. The minimum Gasteiger partial charge on any atom is -0.361 e. The van der Waals surface area contributed by atoms with Gasteiger partial charge in [-0.15, -0.1) is 0 Å². The number of amides is 1. The number of nitrogens with one attached hydrogen (secondary N) is 3. The molecule has 8 nitrogen and oxygen atoms in total. The normalized spacial score (nSPS) is 12.4. The van der Waals surface area contributed by atoms with Gasteiger partial charge >= 0.3 is 0 Å². The predicted molar refractivity (Wildman–Crippen MR) is 114 cm³/mol. The number of carbonyl (C=O) groups is 1. The predicted octanol–water partition coefficient (Wildman–Crippen LogP) is 3.10. The lowest BCUT2D eigenvalue weighted by Crippen LogP contribution is -2.34. The Labute approximate surface area is 181 Å². The average Bonchev–Trinajstić information content (AvgIpc) is 3.31. The van der Waals surface area contributed by atoms with Crippen molar-refractivity contribution in [3.8, 4) is 0 Å². The lowest BCUT2D eigenvalue weighted by Gasteiger charge is -2.19. The minimum absolute atomic E-state index is 0.231. The number of halogens is 2. The van der Waals surface area contributed by atoms with Gasteiger partial charge in [0.15, 0.2) is 0 Å². The van der Waals surface area contributed by atoms with Crippen molar-refractivity contribution in [3.05, 3.63) is 81.4 Å². The molecular weight excluding hydrogens is 418 g/mol. The number of carbonyl (C=O) groups excluding carboxylic acids is 1. The van der Waals surface area contributed by atoms with Crippen LogP contribution in [0.3, 0.4) is 0 Å². The van der Waals surface area contributed by atoms with Crippen LogP contribution < -0.4 is 10.9 Å². The van der Waals surface area contributed by atoms with Crippen LogP contribution in [-0.4, -0.2) is 30.6 Å². The highest BCUT2D eigenvalue weighted by atomic mass is 19.3. The molecule has 3 aromatic heterocycles. The van der Waals surface area contributed by atoms with Crippen molar-refractivity contribution in [2.24, 2.45) is 0 Å². The SMILES string of the molecule is Cc1nc(C(Cc2c[nH]c3ccccc23)NC(=O)Cn2nc(C(F)F)cc2C)cc(=O)[nH]1. The van der Waals surface area contributed by atoms with E-state index >= 15 is 0 Å². The van der Waals surface area contributed by atoms with Crippen LogP contribution in [0.5, 0.6) is 0 Å². The van der Waals surface area contributed by atoms with Crippen LogP contribution in [0.4, 0.5) is 8.78 Å². The molecule has 1 aromatic carbocycles. The summed E-state index contributed by atoms with van der Waals surface area (Å²) >= 11 is 0. The lowest BCUT2D eigenvalue weighted by atomic mass is 10.0. The zero-order chi connectivity index (χ0) is 22.8. The average molecular weight is 440 g/mol. The second-order valence-corrected chi connectivity index (χ2v) is 7.61. The van der Waals surface area contributed by atoms with Gasteiger partial charge in [0, 0.05) is 35.3 Å². The van der Waals surface area contributed by atoms with Crippen LogP contribution in [0.15, 0.2) is 47.4 Å². The Bertz CT molecular complexity index is 1320. The summed E-state index contributed by atoms with van der Waals surface area (Å²) in [6.45, 7) is 3.04. The Morgan fingerprint density at radius 2 is 1.97 bits per heavy atom. The van der Waals surface area contributed by atoms with Crippen LogP contribution in [-0.2, 0) is 17.8 Å². The number of rotatable bonds is 7. The van der Waals surface area contributed by atoms with Crippen molar-refractivity contribution in [1.29, 1.82) is 0 Å². The molecule has 10 heteroatoms. The maximum atomic E-state index is 12.9. The van der Waals surface area contributed by atoms with Gasteiger partial charge in [0.1, 0.15) is 18.1 Å². The third-order valence-corrected chi connectivity index (χ3v) is 5.19. The summed E-state index contributed by atoms with van der Waals surface area (Å²) < 4.78 is 27.1. The maximum absolute atomic E-state index is 12.9. The van der Waals surface area contributed by atoms with Gasteiger partial charge in [-0.1, -0.05) is 18.2 Å². The molecule has 0 aliphatic rings. The number of alkyl halides is 2. The molecule has 166 valence electrons. The number of nitrogens with zero attached hydrogens (tertiary/aromatic N) is 3. The number of aromatic nitrogens is 5. The van der Waals surface area contributed by atoms with Gasteiger partial charge in [-0.2, -0.15) is 5.10 Å². The number of hydrogen-bond donors (Lipinski definition) is 3. The molecule has 0 saturated heterocycles. The van der Waals surface area contributed by atoms with Gasteiger partial charge in [-0.3, -0.25) is 14.3 Å². The smallest absolute Gasteiger partial charge is 0.282 e. The first-order chi connectivity index (χ1) is 15.3. The first-order valence-corrected chi connectivity index (χ1v) is 10.0. The van der Waals surface area contributed by atoms with Crippen molar-refractivity contribution in [2.75, 3.05) is 0 Å². The third-order valence-electron chi connectivity index (χ3n) is 5.19. The molecule has 1 unspecified atom stereocenters. The summed E-state index contributed by atoms with van der Waals surface area (Å²) in [6, 6.07) is 9.75. The van der Waals surface area contributed by atoms with Crippen LogP contribution in [0.25, 0.3) is 10.9 Å². The van der Waals surface area contributed by atoms with Crippen molar-refractivity contribution < 1.29 is 13.6 Å². The Balaban J connectivity index is 1.61. The Morgan fingerprint density at radius 1 is 1.19 bits per heavy atom. The van der Waals surface area contributed by atoms with Gasteiger partial charge in [-0.25, -0.2) is 13.8 Å². The number of benzene rings is 1. The van der Waals surface area contributed by atoms with E-state index in [1.165, 1.54) is 16.8 Å². The van der Waals surface area contributed by atoms with Gasteiger partial charge in [0.25, 0.3) is 12.0 Å². The number of fused-ring (bicyclic) bond motifs is 1. The summed E-state index contributed by atoms with van der Waals surface area (Å²) in [6.07, 6.45) is -0.474. The summed E-state index contributed by atoms with van der Waals surface area (Å²) in [7, 11) is 0. The molecule has 0 bridgehead atoms. The van der Waals surface area contributed by atoms with Crippen molar-refractivity contribution in [1.82, 2.24) is 30.0 Å². The van der Waals surface area contributed by atoms with Crippen molar-refractivity contribution in [2.45, 2.75) is 39.3 Å². The van der Waals surface area contributed by atoms with Gasteiger partial charge in [-0.05, 0) is 31.5 Å². The van der Waals surface area contributed by atoms with E-state index in [9.17, 15) is 18.4 Å². The van der Waals surface area contributed by atoms with Gasteiger partial charge < -0.3 is 15.3 Å². The molecule has 0 aliphatic carbocycles. The maximum Gasteiger partial charge on any atom is 0.282 e. The molecule has 32 heavy (non-hydrogen) atoms. The van der Waals surface area contributed by atoms with Crippen molar-refractivity contribution in [3.63, 3.8) is 0 Å². The second-order valence-electron chi connectivity index (χ2n) is 7.61. The number of para-hydroxylation sites is 1. The van der Waals surface area contributed by atoms with E-state index in [0.29, 0.717) is 23.6 Å². The van der Waals surface area contributed by atoms with Crippen LogP contribution in [0.1, 0.15) is 40.9 Å². The van der Waals surface area contributed by atoms with E-state index < -0.39 is 18.4 Å². The zero-order valence-corrected chi connectivity index (χ0v) is 17.5. The second kappa shape index (κ2) is 8.74. The number of aryl methyl sites for hydroxylation is 2. The Kier molecular flexibility index (Phi) is 5.85. The molecular formula is C22H22F2N6O2. The summed E-state index contributed by atoms with van der Waals surface area (Å²) in [4.78, 5) is 35.0. The van der Waals surface area contributed by atoms with E-state index in [0.717, 1.165) is 16.5 Å². The summed E-state index contributed by atoms with van der Waals surface area (Å²) in [5.74, 6) is -0.00300. The van der Waals surface area contributed by atoms with Crippen molar-refractivity contribution >= 4 is 16.8 Å². The highest BCUT2D eigenvalue weighted by molar-refractivity contribution is 5.83. The van der Waals surface area contributed by atoms with Crippen LogP contribution >= 0.6 is 0 Å². The summed E-state index contributed by atoms with van der Waals surface area (Å²) in [5.41, 5.74) is 2.06. The Morgan fingerprint density at radius 3 is 2.69 bits per heavy atom. The molecule has 3 heterocycles. The van der Waals surface area contributed by atoms with Gasteiger partial charge in [0.2, 0.25) is 5.91 Å². The fourth-order valence-corrected chi connectivity index (χ4v) is 3.71. The minimum atomic E-state index is -2.71. The summed E-state index contributed by atoms with van der Waals surface area (Å²) in [5, 5.41) is 7.69. The standard InChI is InChI=1S/C22H22F2N6O2/c1-12-7-19(22(23)24)29-30(12)11-21(32)28-17(18-9-20(31)27-13(2)26-18)8-14-10-25-16-6-4-3-5-15(14)16/h3-7,9-10,17,22,25H,8,11H2,1-2H3,(H,28,32)(H,26,27,31). The Hall–Kier alpha value is -3.82. The first kappa shape index (κ1) is 21.4. The molecule has 0 saturated carbocycles. The molecule has 4 rings (SSSR count). The molecule has 0 fully saturated rings. The molecule has 0 radical (unpaired) electrons. The highest BCUT2D eigenvalue weighted by Gasteiger charge is 2.21. The molecule has 4 aromatic rings. The number of H-pyrrole nitrogens is 2. The third kappa shape index (κ3) is 4.58. The lowest BCUT2D eigenvalue weighted by molar-refractivity contribution is -0.122. The van der Waals surface area contributed by atoms with Crippen LogP contribution in [0, 0.1) is 13.8 Å². The van der Waals surface area contributed by atoms with Crippen LogP contribution in [0.2, 0.25) is 0 Å².